The summed E-state index contributed by atoms with van der Waals surface area (Å²) in [6.45, 7) is 2.34. The maximum Gasteiger partial charge on any atom is 0.316 e. The van der Waals surface area contributed by atoms with Crippen molar-refractivity contribution in [3.63, 3.8) is 0 Å². The smallest absolute Gasteiger partial charge is 0.316 e. The minimum atomic E-state index is -0.242. The highest BCUT2D eigenvalue weighted by atomic mass is 32.2. The number of ether oxygens (including phenoxy) is 2. The molecule has 0 amide bonds. The number of hydrogen-bond acceptors (Lipinski definition) is 6. The lowest BCUT2D eigenvalue weighted by Gasteiger charge is -2.12. The quantitative estimate of drug-likeness (QED) is 0.596. The lowest BCUT2D eigenvalue weighted by Crippen LogP contribution is -2.19. The first-order chi connectivity index (χ1) is 7.18. The van der Waals surface area contributed by atoms with Gasteiger partial charge < -0.3 is 9.47 Å². The molecule has 0 aromatic rings. The van der Waals surface area contributed by atoms with Crippen LogP contribution < -0.4 is 0 Å². The van der Waals surface area contributed by atoms with Crippen LogP contribution in [-0.4, -0.2) is 47.7 Å². The Hall–Kier alpha value is -0.360. The first-order valence-electron chi connectivity index (χ1n) is 4.69. The summed E-state index contributed by atoms with van der Waals surface area (Å²) < 4.78 is 9.72. The number of carbonyl (C=O) groups excluding carboxylic acids is 2. The lowest BCUT2D eigenvalue weighted by molar-refractivity contribution is -0.148. The number of carbonyl (C=O) groups is 2. The average Bonchev–Trinajstić information content (AvgIpc) is 2.20. The zero-order valence-corrected chi connectivity index (χ0v) is 10.2. The van der Waals surface area contributed by atoms with E-state index in [9.17, 15) is 9.59 Å². The molecule has 1 fully saturated rings. The van der Waals surface area contributed by atoms with Gasteiger partial charge in [-0.15, -0.1) is 23.5 Å². The average molecular weight is 250 g/mol. The third-order valence-electron chi connectivity index (χ3n) is 1.67. The molecule has 6 heteroatoms. The molecule has 15 heavy (non-hydrogen) atoms. The Morgan fingerprint density at radius 3 is 2.40 bits per heavy atom. The molecule has 0 aromatic heterocycles. The summed E-state index contributed by atoms with van der Waals surface area (Å²) in [5, 5.41) is 0.342. The van der Waals surface area contributed by atoms with Crippen molar-refractivity contribution in [3.05, 3.63) is 0 Å². The van der Waals surface area contributed by atoms with E-state index >= 15 is 0 Å². The van der Waals surface area contributed by atoms with E-state index < -0.39 is 0 Å². The number of hydrogen-bond donors (Lipinski definition) is 0. The molecule has 0 saturated carbocycles. The number of thioether (sulfide) groups is 2. The molecule has 1 saturated heterocycles. The van der Waals surface area contributed by atoms with Crippen LogP contribution in [0.1, 0.15) is 6.92 Å². The zero-order valence-electron chi connectivity index (χ0n) is 8.56. The van der Waals surface area contributed by atoms with Crippen LogP contribution in [0.25, 0.3) is 0 Å². The van der Waals surface area contributed by atoms with Gasteiger partial charge >= 0.3 is 11.9 Å². The van der Waals surface area contributed by atoms with E-state index in [-0.39, 0.29) is 25.2 Å². The molecule has 1 unspecified atom stereocenters. The summed E-state index contributed by atoms with van der Waals surface area (Å²) in [5.41, 5.74) is 0. The molecule has 86 valence electrons. The Morgan fingerprint density at radius 1 is 1.13 bits per heavy atom. The Bertz CT molecular complexity index is 232. The molecule has 1 heterocycles. The van der Waals surface area contributed by atoms with Gasteiger partial charge in [0.05, 0.1) is 11.5 Å². The van der Waals surface area contributed by atoms with E-state index in [1.165, 1.54) is 11.8 Å². The molecule has 1 aliphatic rings. The Labute approximate surface area is 97.4 Å². The topological polar surface area (TPSA) is 52.6 Å². The fraction of sp³-hybridized carbons (Fsp3) is 0.778. The van der Waals surface area contributed by atoms with Crippen molar-refractivity contribution in [3.8, 4) is 0 Å². The van der Waals surface area contributed by atoms with E-state index in [1.54, 1.807) is 11.8 Å². The van der Waals surface area contributed by atoms with Crippen LogP contribution in [0.3, 0.4) is 0 Å². The second-order valence-corrected chi connectivity index (χ2v) is 5.53. The van der Waals surface area contributed by atoms with Crippen LogP contribution in [0.15, 0.2) is 0 Å². The van der Waals surface area contributed by atoms with Gasteiger partial charge in [-0.2, -0.15) is 0 Å². The predicted octanol–water partition coefficient (Wildman–Crippen LogP) is 0.941. The van der Waals surface area contributed by atoms with Crippen LogP contribution in [-0.2, 0) is 19.1 Å². The van der Waals surface area contributed by atoms with Gasteiger partial charge in [0.2, 0.25) is 0 Å². The summed E-state index contributed by atoms with van der Waals surface area (Å²) >= 11 is 3.09. The number of rotatable bonds is 0. The summed E-state index contributed by atoms with van der Waals surface area (Å²) in [5.74, 6) is 1.10. The highest BCUT2D eigenvalue weighted by molar-refractivity contribution is 8.03. The van der Waals surface area contributed by atoms with Crippen molar-refractivity contribution in [1.82, 2.24) is 0 Å². The minimum absolute atomic E-state index is 0.157. The van der Waals surface area contributed by atoms with Crippen molar-refractivity contribution in [2.45, 2.75) is 12.2 Å². The van der Waals surface area contributed by atoms with Gasteiger partial charge in [0, 0.05) is 11.0 Å². The minimum Gasteiger partial charge on any atom is -0.461 e. The van der Waals surface area contributed by atoms with Crippen LogP contribution in [0.2, 0.25) is 0 Å². The molecule has 0 aromatic carbocycles. The normalized spacial score (nSPS) is 25.8. The van der Waals surface area contributed by atoms with Gasteiger partial charge in [0.15, 0.2) is 0 Å². The maximum absolute atomic E-state index is 11.1. The molecule has 1 atom stereocenters. The highest BCUT2D eigenvalue weighted by Crippen LogP contribution is 2.16. The molecule has 0 aliphatic carbocycles. The SMILES string of the molecule is CC1CSCC(=O)OCCOC(=O)CS1. The van der Waals surface area contributed by atoms with Gasteiger partial charge in [-0.25, -0.2) is 0 Å². The second-order valence-electron chi connectivity index (χ2n) is 3.08. The van der Waals surface area contributed by atoms with Crippen molar-refractivity contribution < 1.29 is 19.1 Å². The van der Waals surface area contributed by atoms with E-state index in [1.807, 2.05) is 6.92 Å². The van der Waals surface area contributed by atoms with Gasteiger partial charge in [-0.3, -0.25) is 9.59 Å². The standard InChI is InChI=1S/C9H14O4S2/c1-7-4-14-5-8(10)12-2-3-13-9(11)6-15-7/h7H,2-6H2,1H3. The van der Waals surface area contributed by atoms with Gasteiger partial charge in [-0.1, -0.05) is 6.92 Å². The van der Waals surface area contributed by atoms with Gasteiger partial charge in [-0.05, 0) is 0 Å². The Morgan fingerprint density at radius 2 is 1.73 bits per heavy atom. The summed E-state index contributed by atoms with van der Waals surface area (Å²) in [6, 6.07) is 0. The van der Waals surface area contributed by atoms with Crippen LogP contribution >= 0.6 is 23.5 Å². The molecular formula is C9H14O4S2. The largest absolute Gasteiger partial charge is 0.461 e. The number of esters is 2. The fourth-order valence-electron chi connectivity index (χ4n) is 0.961. The molecule has 0 radical (unpaired) electrons. The van der Waals surface area contributed by atoms with Crippen LogP contribution in [0, 0.1) is 0 Å². The second kappa shape index (κ2) is 7.00. The molecule has 0 spiro atoms. The third-order valence-corrected chi connectivity index (χ3v) is 4.19. The number of cyclic esters (lactones) is 2. The van der Waals surface area contributed by atoms with Crippen molar-refractivity contribution in [2.75, 3.05) is 30.5 Å². The molecule has 0 bridgehead atoms. The van der Waals surface area contributed by atoms with E-state index in [2.05, 4.69) is 0 Å². The zero-order chi connectivity index (χ0) is 11.1. The summed E-state index contributed by atoms with van der Waals surface area (Å²) in [4.78, 5) is 22.2. The van der Waals surface area contributed by atoms with Crippen molar-refractivity contribution in [2.24, 2.45) is 0 Å². The first kappa shape index (κ1) is 12.7. The lowest BCUT2D eigenvalue weighted by atomic mass is 10.6. The summed E-state index contributed by atoms with van der Waals surface area (Å²) in [6.07, 6.45) is 0. The molecule has 1 aliphatic heterocycles. The predicted molar refractivity (Wildman–Crippen MR) is 61.2 cm³/mol. The highest BCUT2D eigenvalue weighted by Gasteiger charge is 2.12. The van der Waals surface area contributed by atoms with Crippen molar-refractivity contribution >= 4 is 35.5 Å². The Kier molecular flexibility index (Phi) is 5.93. The summed E-state index contributed by atoms with van der Waals surface area (Å²) in [7, 11) is 0. The monoisotopic (exact) mass is 250 g/mol. The Balaban J connectivity index is 2.36. The van der Waals surface area contributed by atoms with Gasteiger partial charge in [0.1, 0.15) is 13.2 Å². The maximum atomic E-state index is 11.1. The third kappa shape index (κ3) is 5.94. The van der Waals surface area contributed by atoms with E-state index in [4.69, 9.17) is 9.47 Å². The van der Waals surface area contributed by atoms with E-state index in [0.717, 1.165) is 5.75 Å². The molecule has 4 nitrogen and oxygen atoms in total. The van der Waals surface area contributed by atoms with E-state index in [0.29, 0.717) is 16.8 Å². The fourth-order valence-corrected chi connectivity index (χ4v) is 2.84. The van der Waals surface area contributed by atoms with Crippen LogP contribution in [0.5, 0.6) is 0 Å². The molecule has 1 rings (SSSR count). The first-order valence-corrected chi connectivity index (χ1v) is 6.89. The molecule has 0 N–H and O–H groups in total. The van der Waals surface area contributed by atoms with Gasteiger partial charge in [0.25, 0.3) is 0 Å². The van der Waals surface area contributed by atoms with Crippen molar-refractivity contribution in [1.29, 1.82) is 0 Å². The molecular weight excluding hydrogens is 236 g/mol. The van der Waals surface area contributed by atoms with Crippen LogP contribution in [0.4, 0.5) is 0 Å².